The van der Waals surface area contributed by atoms with Crippen molar-refractivity contribution in [3.8, 4) is 0 Å². The molecule has 1 saturated heterocycles. The van der Waals surface area contributed by atoms with Crippen molar-refractivity contribution in [3.63, 3.8) is 0 Å². The molecule has 1 heterocycles. The number of carbonyl (C=O) groups excluding carboxylic acids is 3. The Bertz CT molecular complexity index is 1060. The van der Waals surface area contributed by atoms with Crippen molar-refractivity contribution in [2.24, 2.45) is 0 Å². The number of nitrogens with one attached hydrogen (secondary N) is 2. The lowest BCUT2D eigenvalue weighted by Crippen LogP contribution is -2.54. The molecular formula is C25H32BrF2N3O5. The second-order valence-corrected chi connectivity index (χ2v) is 11.0. The number of esters is 1. The molecule has 2 aliphatic carbocycles. The van der Waals surface area contributed by atoms with E-state index >= 15 is 0 Å². The number of hydrogen-bond donors (Lipinski definition) is 2. The van der Waals surface area contributed by atoms with Gasteiger partial charge in [-0.05, 0) is 72.0 Å². The van der Waals surface area contributed by atoms with Crippen LogP contribution < -0.4 is 5.32 Å². The highest BCUT2D eigenvalue weighted by Gasteiger charge is 2.60. The van der Waals surface area contributed by atoms with E-state index in [0.29, 0.717) is 22.9 Å². The van der Waals surface area contributed by atoms with E-state index in [4.69, 9.17) is 14.9 Å². The summed E-state index contributed by atoms with van der Waals surface area (Å²) in [5.41, 5.74) is -1.54. The van der Waals surface area contributed by atoms with Gasteiger partial charge >= 0.3 is 12.1 Å². The Kier molecular flexibility index (Phi) is 8.12. The van der Waals surface area contributed by atoms with Crippen LogP contribution in [0.3, 0.4) is 0 Å². The second kappa shape index (κ2) is 10.4. The van der Waals surface area contributed by atoms with Crippen molar-refractivity contribution in [1.29, 1.82) is 5.41 Å². The van der Waals surface area contributed by atoms with Crippen LogP contribution in [0, 0.1) is 5.41 Å². The quantitative estimate of drug-likeness (QED) is 0.336. The summed E-state index contributed by atoms with van der Waals surface area (Å²) in [4.78, 5) is 41.0. The van der Waals surface area contributed by atoms with Crippen LogP contribution in [-0.4, -0.2) is 64.7 Å². The zero-order chi connectivity index (χ0) is 27.0. The molecule has 1 spiro atoms. The van der Waals surface area contributed by atoms with E-state index in [9.17, 15) is 23.2 Å². The zero-order valence-corrected chi connectivity index (χ0v) is 22.6. The molecule has 2 N–H and O–H groups in total. The van der Waals surface area contributed by atoms with Crippen LogP contribution in [0.5, 0.6) is 0 Å². The van der Waals surface area contributed by atoms with E-state index in [2.05, 4.69) is 21.2 Å². The molecule has 0 bridgehead atoms. The van der Waals surface area contributed by atoms with Crippen molar-refractivity contribution in [2.45, 2.75) is 90.0 Å². The van der Waals surface area contributed by atoms with Crippen LogP contribution in [0.2, 0.25) is 0 Å². The fourth-order valence-electron chi connectivity index (χ4n) is 4.50. The number of hydrogen-bond acceptors (Lipinski definition) is 7. The Labute approximate surface area is 217 Å². The van der Waals surface area contributed by atoms with Crippen LogP contribution in [0.4, 0.5) is 13.6 Å². The van der Waals surface area contributed by atoms with E-state index in [-0.39, 0.29) is 17.9 Å². The monoisotopic (exact) mass is 571 g/mol. The number of Topliss-reactive ketones (excluding diaryl/α,β-unsaturated/α-hetero) is 1. The van der Waals surface area contributed by atoms with E-state index in [1.54, 1.807) is 34.6 Å². The molecule has 2 atom stereocenters. The largest absolute Gasteiger partial charge is 0.464 e. The van der Waals surface area contributed by atoms with Crippen LogP contribution in [0.1, 0.15) is 60.3 Å². The molecule has 198 valence electrons. The zero-order valence-electron chi connectivity index (χ0n) is 21.0. The number of nitrogens with zero attached hydrogens (tertiary/aromatic N) is 1. The normalized spacial score (nSPS) is 23.2. The third kappa shape index (κ3) is 5.71. The first-order chi connectivity index (χ1) is 16.7. The predicted octanol–water partition coefficient (Wildman–Crippen LogP) is 4.79. The Balaban J connectivity index is 1.92. The lowest BCUT2D eigenvalue weighted by molar-refractivity contribution is -0.149. The molecule has 0 radical (unpaired) electrons. The third-order valence-electron chi connectivity index (χ3n) is 6.48. The lowest BCUT2D eigenvalue weighted by atomic mass is 9.92. The van der Waals surface area contributed by atoms with E-state index < -0.39 is 53.1 Å². The number of carbonyl (C=O) groups is 3. The lowest BCUT2D eigenvalue weighted by Gasteiger charge is -2.33. The Morgan fingerprint density at radius 1 is 1.31 bits per heavy atom. The standard InChI is InChI=1S/C25H32BrF2N3O5/c1-6-35-22(33)19(30-12-15-14(21(27)28)11-16(26)13(2)18(15)29)20(32)17-7-8-25(9-10-25)31(17)23(34)36-24(3,4)5/h11-12,17,19,21,29-30H,6-10H2,1-5H3/b15-12-,29-18?/t17-,19?/m1/s1. The summed E-state index contributed by atoms with van der Waals surface area (Å²) in [6, 6.07) is -2.49. The molecule has 0 aromatic heterocycles. The van der Waals surface area contributed by atoms with Gasteiger partial charge in [-0.3, -0.25) is 15.1 Å². The molecule has 1 amide bonds. The predicted molar refractivity (Wildman–Crippen MR) is 133 cm³/mol. The highest BCUT2D eigenvalue weighted by Crippen LogP contribution is 2.52. The average Bonchev–Trinajstić information content (AvgIpc) is 3.43. The van der Waals surface area contributed by atoms with Gasteiger partial charge in [-0.25, -0.2) is 18.4 Å². The van der Waals surface area contributed by atoms with Crippen LogP contribution in [-0.2, 0) is 19.1 Å². The Morgan fingerprint density at radius 2 is 1.94 bits per heavy atom. The first-order valence-electron chi connectivity index (χ1n) is 11.9. The summed E-state index contributed by atoms with van der Waals surface area (Å²) in [5.74, 6) is -1.50. The molecule has 8 nitrogen and oxygen atoms in total. The van der Waals surface area contributed by atoms with Gasteiger partial charge in [0.05, 0.1) is 18.4 Å². The number of allylic oxidation sites excluding steroid dienone is 5. The molecule has 1 saturated carbocycles. The van der Waals surface area contributed by atoms with Crippen LogP contribution in [0.15, 0.2) is 33.5 Å². The first-order valence-corrected chi connectivity index (χ1v) is 12.7. The fourth-order valence-corrected chi connectivity index (χ4v) is 4.94. The van der Waals surface area contributed by atoms with E-state index in [1.807, 2.05) is 0 Å². The number of amides is 1. The van der Waals surface area contributed by atoms with Crippen LogP contribution >= 0.6 is 15.9 Å². The van der Waals surface area contributed by atoms with Crippen molar-refractivity contribution < 1.29 is 32.6 Å². The molecule has 3 aliphatic rings. The second-order valence-electron chi connectivity index (χ2n) is 10.2. The van der Waals surface area contributed by atoms with Gasteiger partial charge in [0.25, 0.3) is 6.43 Å². The highest BCUT2D eigenvalue weighted by atomic mass is 79.9. The SMILES string of the molecule is CCOC(=O)C(N/C=C1\C(=N)C(C)=C(Br)C=C1C(F)F)C(=O)[C@H]1CCC2(CC2)N1C(=O)OC(C)(C)C. The Morgan fingerprint density at radius 3 is 2.47 bits per heavy atom. The van der Waals surface area contributed by atoms with Crippen molar-refractivity contribution in [3.05, 3.63) is 33.5 Å². The highest BCUT2D eigenvalue weighted by molar-refractivity contribution is 9.12. The van der Waals surface area contributed by atoms with Gasteiger partial charge in [-0.2, -0.15) is 0 Å². The third-order valence-corrected chi connectivity index (χ3v) is 7.31. The van der Waals surface area contributed by atoms with Gasteiger partial charge in [0, 0.05) is 27.4 Å². The smallest absolute Gasteiger partial charge is 0.411 e. The summed E-state index contributed by atoms with van der Waals surface area (Å²) >= 11 is 3.18. The van der Waals surface area contributed by atoms with Crippen molar-refractivity contribution in [2.75, 3.05) is 6.61 Å². The molecule has 1 aliphatic heterocycles. The van der Waals surface area contributed by atoms with Gasteiger partial charge in [-0.1, -0.05) is 15.9 Å². The molecule has 11 heteroatoms. The number of alkyl halides is 2. The van der Waals surface area contributed by atoms with Gasteiger partial charge in [0.1, 0.15) is 5.60 Å². The molecule has 0 aromatic carbocycles. The molecule has 1 unspecified atom stereocenters. The van der Waals surface area contributed by atoms with E-state index in [0.717, 1.165) is 19.0 Å². The van der Waals surface area contributed by atoms with Gasteiger partial charge < -0.3 is 14.8 Å². The number of rotatable bonds is 7. The summed E-state index contributed by atoms with van der Waals surface area (Å²) < 4.78 is 38.4. The molecular weight excluding hydrogens is 540 g/mol. The molecule has 3 rings (SSSR count). The number of likely N-dealkylation sites (tertiary alicyclic amines) is 1. The number of halogens is 3. The summed E-state index contributed by atoms with van der Waals surface area (Å²) in [6.07, 6.45) is 1.20. The van der Waals surface area contributed by atoms with Crippen molar-refractivity contribution >= 4 is 39.5 Å². The minimum Gasteiger partial charge on any atom is -0.464 e. The maximum absolute atomic E-state index is 13.7. The maximum atomic E-state index is 13.7. The molecule has 36 heavy (non-hydrogen) atoms. The summed E-state index contributed by atoms with van der Waals surface area (Å²) in [6.45, 7) is 8.37. The average molecular weight is 572 g/mol. The summed E-state index contributed by atoms with van der Waals surface area (Å²) in [5, 5.41) is 10.9. The number of ether oxygens (including phenoxy) is 2. The van der Waals surface area contributed by atoms with Crippen LogP contribution in [0.25, 0.3) is 0 Å². The van der Waals surface area contributed by atoms with Gasteiger partial charge in [0.15, 0.2) is 11.8 Å². The first kappa shape index (κ1) is 28.0. The summed E-state index contributed by atoms with van der Waals surface area (Å²) in [7, 11) is 0. The minimum atomic E-state index is -2.89. The number of ketones is 1. The van der Waals surface area contributed by atoms with Gasteiger partial charge in [0.2, 0.25) is 0 Å². The Hall–Kier alpha value is -2.56. The molecule has 2 fully saturated rings. The topological polar surface area (TPSA) is 109 Å². The van der Waals surface area contributed by atoms with Gasteiger partial charge in [-0.15, -0.1) is 0 Å². The van der Waals surface area contributed by atoms with E-state index in [1.165, 1.54) is 11.0 Å². The minimum absolute atomic E-state index is 0.00194. The molecule has 0 aromatic rings. The maximum Gasteiger partial charge on any atom is 0.411 e. The fraction of sp³-hybridized carbons (Fsp3) is 0.600. The van der Waals surface area contributed by atoms with Crippen molar-refractivity contribution in [1.82, 2.24) is 10.2 Å².